The fraction of sp³-hybridized carbons (Fsp3) is 0.600. The molecule has 2 aliphatic heterocycles. The van der Waals surface area contributed by atoms with E-state index in [-0.39, 0.29) is 0 Å². The fourth-order valence-corrected chi connectivity index (χ4v) is 6.03. The van der Waals surface area contributed by atoms with Crippen LogP contribution in [0.15, 0.2) is 40.1 Å². The van der Waals surface area contributed by atoms with Crippen molar-refractivity contribution in [2.75, 3.05) is 19.8 Å². The predicted molar refractivity (Wildman–Crippen MR) is 138 cm³/mol. The normalized spacial score (nSPS) is 28.5. The smallest absolute Gasteiger partial charge is 0.413 e. The molecule has 2 aromatic rings. The number of nitrogens with zero attached hydrogens (tertiary/aromatic N) is 1. The third-order valence-corrected chi connectivity index (χ3v) is 8.53. The van der Waals surface area contributed by atoms with Crippen molar-refractivity contribution < 1.29 is 37.3 Å². The number of alkyl halides is 1. The van der Waals surface area contributed by atoms with Gasteiger partial charge < -0.3 is 23.8 Å². The summed E-state index contributed by atoms with van der Waals surface area (Å²) in [5.74, 6) is 0.307. The molecule has 12 nitrogen and oxygen atoms in total. The van der Waals surface area contributed by atoms with Crippen LogP contribution >= 0.6 is 7.75 Å². The van der Waals surface area contributed by atoms with E-state index in [1.54, 1.807) is 26.0 Å². The fourth-order valence-electron chi connectivity index (χ4n) is 4.43. The number of rotatable bonds is 9. The number of aromatic amines is 1. The third-order valence-electron chi connectivity index (χ3n) is 6.88. The molecular weight excluding hydrogens is 536 g/mol. The van der Waals surface area contributed by atoms with Crippen molar-refractivity contribution >= 4 is 7.75 Å². The predicted octanol–water partition coefficient (Wildman–Crippen LogP) is 2.47. The SMILES string of the molecule is Cc1cccc(OP(=O)(NC(C)C2OCCCCO2)OC[C@H]2O[C@@H](n3ccc(=O)[nH]c3=O)[C@](C)(F)[C@@H]2O)c1C. The maximum absolute atomic E-state index is 15.6. The summed E-state index contributed by atoms with van der Waals surface area (Å²) in [5.41, 5.74) is -2.38. The van der Waals surface area contributed by atoms with Crippen LogP contribution < -0.4 is 20.9 Å². The highest BCUT2D eigenvalue weighted by Gasteiger charge is 2.56. The van der Waals surface area contributed by atoms with Gasteiger partial charge in [0.15, 0.2) is 18.2 Å². The second-order valence-corrected chi connectivity index (χ2v) is 11.7. The zero-order chi connectivity index (χ0) is 28.4. The number of ether oxygens (including phenoxy) is 3. The van der Waals surface area contributed by atoms with Crippen molar-refractivity contribution in [1.82, 2.24) is 14.6 Å². The molecule has 4 rings (SSSR count). The molecular formula is C25H35FN3O9P. The highest BCUT2D eigenvalue weighted by atomic mass is 31.2. The van der Waals surface area contributed by atoms with E-state index in [2.05, 4.69) is 5.09 Å². The number of halogens is 1. The number of hydrogen-bond donors (Lipinski definition) is 3. The highest BCUT2D eigenvalue weighted by Crippen LogP contribution is 2.48. The van der Waals surface area contributed by atoms with Crippen LogP contribution in [-0.4, -0.2) is 64.7 Å². The van der Waals surface area contributed by atoms with Crippen molar-refractivity contribution in [3.63, 3.8) is 0 Å². The summed E-state index contributed by atoms with van der Waals surface area (Å²) in [4.78, 5) is 25.7. The molecule has 0 radical (unpaired) electrons. The van der Waals surface area contributed by atoms with E-state index in [1.807, 2.05) is 18.0 Å². The molecule has 2 unspecified atom stereocenters. The van der Waals surface area contributed by atoms with Gasteiger partial charge >= 0.3 is 13.4 Å². The van der Waals surface area contributed by atoms with Crippen LogP contribution in [0.5, 0.6) is 5.75 Å². The summed E-state index contributed by atoms with van der Waals surface area (Å²) in [6.07, 6.45) is -2.66. The van der Waals surface area contributed by atoms with Gasteiger partial charge in [0.2, 0.25) is 0 Å². The van der Waals surface area contributed by atoms with Crippen LogP contribution in [0.3, 0.4) is 0 Å². The molecule has 0 bridgehead atoms. The van der Waals surface area contributed by atoms with Gasteiger partial charge in [-0.3, -0.25) is 18.9 Å². The second-order valence-electron chi connectivity index (χ2n) is 9.96. The lowest BCUT2D eigenvalue weighted by atomic mass is 9.98. The van der Waals surface area contributed by atoms with Gasteiger partial charge in [-0.15, -0.1) is 0 Å². The van der Waals surface area contributed by atoms with Crippen LogP contribution in [0.1, 0.15) is 44.0 Å². The number of aromatic nitrogens is 2. The molecule has 3 N–H and O–H groups in total. The Hall–Kier alpha value is -2.38. The maximum Gasteiger partial charge on any atom is 0.459 e. The Labute approximate surface area is 225 Å². The van der Waals surface area contributed by atoms with Crippen LogP contribution in [0.2, 0.25) is 0 Å². The Kier molecular flexibility index (Phi) is 9.12. The molecule has 1 aromatic carbocycles. The molecule has 0 amide bonds. The van der Waals surface area contributed by atoms with Crippen molar-refractivity contribution in [2.24, 2.45) is 0 Å². The van der Waals surface area contributed by atoms with Gasteiger partial charge in [0, 0.05) is 25.5 Å². The molecule has 3 heterocycles. The Bertz CT molecular complexity index is 1310. The van der Waals surface area contributed by atoms with E-state index in [1.165, 1.54) is 0 Å². The Morgan fingerprint density at radius 2 is 1.95 bits per heavy atom. The van der Waals surface area contributed by atoms with Crippen LogP contribution in [0, 0.1) is 13.8 Å². The van der Waals surface area contributed by atoms with Crippen LogP contribution in [-0.2, 0) is 23.3 Å². The molecule has 1 aromatic heterocycles. The number of aliphatic hydroxyl groups excluding tert-OH is 1. The lowest BCUT2D eigenvalue weighted by Gasteiger charge is -2.29. The number of hydrogen-bond acceptors (Lipinski definition) is 9. The minimum atomic E-state index is -4.19. The summed E-state index contributed by atoms with van der Waals surface area (Å²) >= 11 is 0. The quantitative estimate of drug-likeness (QED) is 0.383. The number of nitrogens with one attached hydrogen (secondary N) is 2. The van der Waals surface area contributed by atoms with Crippen LogP contribution in [0.4, 0.5) is 4.39 Å². The number of benzene rings is 1. The van der Waals surface area contributed by atoms with Gasteiger partial charge in [0.05, 0.1) is 12.6 Å². The van der Waals surface area contributed by atoms with Gasteiger partial charge in [-0.05, 0) is 57.7 Å². The number of aryl methyl sites for hydroxylation is 1. The van der Waals surface area contributed by atoms with Gasteiger partial charge in [-0.1, -0.05) is 12.1 Å². The van der Waals surface area contributed by atoms with Crippen molar-refractivity contribution in [3.05, 3.63) is 62.4 Å². The molecule has 2 fully saturated rings. The molecule has 14 heteroatoms. The van der Waals surface area contributed by atoms with E-state index in [9.17, 15) is 19.3 Å². The van der Waals surface area contributed by atoms with E-state index in [0.717, 1.165) is 47.7 Å². The highest BCUT2D eigenvalue weighted by molar-refractivity contribution is 7.52. The minimum absolute atomic E-state index is 0.307. The Morgan fingerprint density at radius 3 is 2.62 bits per heavy atom. The zero-order valence-electron chi connectivity index (χ0n) is 22.3. The standard InChI is InChI=1S/C25H35FN3O9P/c1-15-8-7-9-18(16(15)2)38-39(33,28-17(3)22-34-12-5-6-13-35-22)36-14-19-21(31)25(4,26)23(37-19)29-11-10-20(30)27-24(29)32/h7-11,17,19,21-23,31H,5-6,12-14H2,1-4H3,(H,28,33)(H,27,30,32)/t17?,19-,21-,23-,25-,39?/m1/s1. The first-order valence-electron chi connectivity index (χ1n) is 12.8. The van der Waals surface area contributed by atoms with E-state index < -0.39 is 62.0 Å². The molecule has 2 saturated heterocycles. The first-order chi connectivity index (χ1) is 18.4. The Morgan fingerprint density at radius 1 is 1.26 bits per heavy atom. The topological polar surface area (TPSA) is 150 Å². The number of H-pyrrole nitrogens is 1. The van der Waals surface area contributed by atoms with E-state index in [0.29, 0.717) is 19.0 Å². The minimum Gasteiger partial charge on any atom is -0.413 e. The summed E-state index contributed by atoms with van der Waals surface area (Å²) in [5, 5.41) is 13.6. The Balaban J connectivity index is 1.55. The average molecular weight is 572 g/mol. The van der Waals surface area contributed by atoms with Gasteiger partial charge in [-0.2, -0.15) is 0 Å². The first kappa shape index (κ1) is 29.6. The molecule has 0 saturated carbocycles. The second kappa shape index (κ2) is 12.0. The molecule has 2 aliphatic rings. The third kappa shape index (κ3) is 6.68. The molecule has 6 atom stereocenters. The van der Waals surface area contributed by atoms with E-state index >= 15 is 4.39 Å². The summed E-state index contributed by atoms with van der Waals surface area (Å²) < 4.78 is 59.2. The summed E-state index contributed by atoms with van der Waals surface area (Å²) in [6.45, 7) is 6.85. The summed E-state index contributed by atoms with van der Waals surface area (Å²) in [7, 11) is -4.19. The maximum atomic E-state index is 15.6. The summed E-state index contributed by atoms with van der Waals surface area (Å²) in [6, 6.07) is 5.66. The monoisotopic (exact) mass is 571 g/mol. The molecule has 0 aliphatic carbocycles. The molecule has 216 valence electrons. The van der Waals surface area contributed by atoms with Gasteiger partial charge in [-0.25, -0.2) is 18.8 Å². The van der Waals surface area contributed by atoms with Crippen LogP contribution in [0.25, 0.3) is 0 Å². The zero-order valence-corrected chi connectivity index (χ0v) is 23.2. The van der Waals surface area contributed by atoms with Gasteiger partial charge in [0.25, 0.3) is 5.56 Å². The largest absolute Gasteiger partial charge is 0.459 e. The lowest BCUT2D eigenvalue weighted by molar-refractivity contribution is -0.139. The lowest BCUT2D eigenvalue weighted by Crippen LogP contribution is -2.44. The van der Waals surface area contributed by atoms with Crippen molar-refractivity contribution in [1.29, 1.82) is 0 Å². The van der Waals surface area contributed by atoms with Crippen molar-refractivity contribution in [2.45, 2.75) is 77.0 Å². The first-order valence-corrected chi connectivity index (χ1v) is 14.3. The van der Waals surface area contributed by atoms with E-state index in [4.69, 9.17) is 23.3 Å². The number of aliphatic hydroxyl groups is 1. The molecule has 0 spiro atoms. The average Bonchev–Trinajstić information content (AvgIpc) is 3.06. The molecule has 39 heavy (non-hydrogen) atoms. The van der Waals surface area contributed by atoms with Gasteiger partial charge in [0.1, 0.15) is 18.0 Å². The van der Waals surface area contributed by atoms with Crippen molar-refractivity contribution in [3.8, 4) is 5.75 Å².